The predicted molar refractivity (Wildman–Crippen MR) is 160 cm³/mol. The maximum atomic E-state index is 15.1. The smallest absolute Gasteiger partial charge is 0.228 e. The van der Waals surface area contributed by atoms with Gasteiger partial charge in [0.1, 0.15) is 11.6 Å². The van der Waals surface area contributed by atoms with Crippen molar-refractivity contribution in [2.45, 2.75) is 52.3 Å². The highest BCUT2D eigenvalue weighted by molar-refractivity contribution is 7.90. The molecule has 1 aliphatic rings. The van der Waals surface area contributed by atoms with E-state index < -0.39 is 26.8 Å². The third kappa shape index (κ3) is 7.00. The Morgan fingerprint density at radius 3 is 2.63 bits per heavy atom. The number of aryl methyl sites for hydroxylation is 1. The van der Waals surface area contributed by atoms with E-state index in [0.29, 0.717) is 39.6 Å². The highest BCUT2D eigenvalue weighted by Gasteiger charge is 2.25. The van der Waals surface area contributed by atoms with E-state index in [-0.39, 0.29) is 17.4 Å². The van der Waals surface area contributed by atoms with E-state index in [4.69, 9.17) is 9.72 Å². The first-order valence-corrected chi connectivity index (χ1v) is 15.7. The van der Waals surface area contributed by atoms with E-state index in [1.807, 2.05) is 45.9 Å². The van der Waals surface area contributed by atoms with Crippen molar-refractivity contribution in [2.75, 3.05) is 24.2 Å². The van der Waals surface area contributed by atoms with Gasteiger partial charge in [0.15, 0.2) is 9.84 Å². The second kappa shape index (κ2) is 11.7. The normalized spacial score (nSPS) is 16.1. The van der Waals surface area contributed by atoms with Crippen molar-refractivity contribution in [1.82, 2.24) is 20.3 Å². The summed E-state index contributed by atoms with van der Waals surface area (Å²) in [6, 6.07) is 12.2. The van der Waals surface area contributed by atoms with Crippen molar-refractivity contribution in [3.63, 3.8) is 0 Å². The Balaban J connectivity index is 1.50. The predicted octanol–water partition coefficient (Wildman–Crippen LogP) is 6.06. The highest BCUT2D eigenvalue weighted by atomic mass is 32.2. The number of hydrogen-bond donors (Lipinski definition) is 2. The van der Waals surface area contributed by atoms with Crippen LogP contribution in [0.25, 0.3) is 22.0 Å². The molecular formula is C31H36FN5O3S. The number of benzene rings is 2. The topological polar surface area (TPSA) is 106 Å². The summed E-state index contributed by atoms with van der Waals surface area (Å²) in [5.41, 5.74) is 1.82. The van der Waals surface area contributed by atoms with E-state index in [2.05, 4.69) is 20.6 Å². The lowest BCUT2D eigenvalue weighted by atomic mass is 10.0. The van der Waals surface area contributed by atoms with Gasteiger partial charge in [0.25, 0.3) is 0 Å². The van der Waals surface area contributed by atoms with Crippen LogP contribution in [0.2, 0.25) is 0 Å². The molecule has 4 aromatic rings. The first-order valence-electron chi connectivity index (χ1n) is 13.8. The van der Waals surface area contributed by atoms with Gasteiger partial charge in [0, 0.05) is 35.9 Å². The second-order valence-corrected chi connectivity index (χ2v) is 13.9. The van der Waals surface area contributed by atoms with Crippen LogP contribution in [-0.4, -0.2) is 48.3 Å². The summed E-state index contributed by atoms with van der Waals surface area (Å²) < 4.78 is 47.5. The van der Waals surface area contributed by atoms with Crippen LogP contribution in [0.5, 0.6) is 11.6 Å². The lowest BCUT2D eigenvalue weighted by Crippen LogP contribution is -2.38. The molecular weight excluding hydrogens is 541 g/mol. The fraction of sp³-hybridized carbons (Fsp3) is 0.387. The number of nitrogens with zero attached hydrogens (tertiary/aromatic N) is 3. The molecule has 1 saturated heterocycles. The second-order valence-electron chi connectivity index (χ2n) is 11.8. The SMILES string of the molecule is Cc1ccc2c(CS(=O)(=O)CC(C)(C)C)c(F)ccc2c1Oc1ncccc1-c1ccnc(N[C@H]2CCCNC2)n1. The third-order valence-corrected chi connectivity index (χ3v) is 8.99. The summed E-state index contributed by atoms with van der Waals surface area (Å²) in [5, 5.41) is 7.89. The zero-order chi connectivity index (χ0) is 29.2. The van der Waals surface area contributed by atoms with Crippen LogP contribution in [0.4, 0.5) is 10.3 Å². The van der Waals surface area contributed by atoms with Gasteiger partial charge in [-0.05, 0) is 73.0 Å². The fourth-order valence-electron chi connectivity index (χ4n) is 5.24. The van der Waals surface area contributed by atoms with Crippen molar-refractivity contribution < 1.29 is 17.5 Å². The summed E-state index contributed by atoms with van der Waals surface area (Å²) in [6.45, 7) is 9.33. The van der Waals surface area contributed by atoms with Crippen LogP contribution in [-0.2, 0) is 15.6 Å². The van der Waals surface area contributed by atoms with Crippen molar-refractivity contribution in [1.29, 1.82) is 0 Å². The monoisotopic (exact) mass is 577 g/mol. The lowest BCUT2D eigenvalue weighted by Gasteiger charge is -2.23. The van der Waals surface area contributed by atoms with Gasteiger partial charge in [-0.1, -0.05) is 32.9 Å². The summed E-state index contributed by atoms with van der Waals surface area (Å²) in [5.74, 6) is 0.352. The number of rotatable bonds is 8. The number of piperidine rings is 1. The van der Waals surface area contributed by atoms with Crippen molar-refractivity contribution in [3.05, 3.63) is 71.8 Å². The van der Waals surface area contributed by atoms with E-state index in [1.165, 1.54) is 6.07 Å². The summed E-state index contributed by atoms with van der Waals surface area (Å²) >= 11 is 0. The molecule has 2 aromatic carbocycles. The maximum absolute atomic E-state index is 15.1. The van der Waals surface area contributed by atoms with E-state index in [0.717, 1.165) is 31.5 Å². The number of fused-ring (bicyclic) bond motifs is 1. The van der Waals surface area contributed by atoms with Crippen LogP contribution in [0.1, 0.15) is 44.7 Å². The lowest BCUT2D eigenvalue weighted by molar-refractivity contribution is 0.461. The van der Waals surface area contributed by atoms with Gasteiger partial charge < -0.3 is 15.4 Å². The Kier molecular flexibility index (Phi) is 8.24. The average Bonchev–Trinajstić information content (AvgIpc) is 2.91. The van der Waals surface area contributed by atoms with Gasteiger partial charge in [0.2, 0.25) is 11.8 Å². The van der Waals surface area contributed by atoms with Crippen LogP contribution in [0.3, 0.4) is 0 Å². The number of anilines is 1. The van der Waals surface area contributed by atoms with Crippen molar-refractivity contribution in [3.8, 4) is 22.9 Å². The number of aromatic nitrogens is 3. The number of hydrogen-bond acceptors (Lipinski definition) is 8. The number of halogens is 1. The van der Waals surface area contributed by atoms with Gasteiger partial charge in [-0.2, -0.15) is 0 Å². The van der Waals surface area contributed by atoms with Crippen molar-refractivity contribution in [2.24, 2.45) is 5.41 Å². The third-order valence-electron chi connectivity index (χ3n) is 6.95. The molecule has 0 spiro atoms. The minimum Gasteiger partial charge on any atom is -0.437 e. The Hall–Kier alpha value is -3.63. The van der Waals surface area contributed by atoms with Gasteiger partial charge in [0.05, 0.1) is 22.8 Å². The Morgan fingerprint density at radius 1 is 1.07 bits per heavy atom. The molecule has 0 bridgehead atoms. The summed E-state index contributed by atoms with van der Waals surface area (Å²) in [4.78, 5) is 13.6. The van der Waals surface area contributed by atoms with Crippen LogP contribution < -0.4 is 15.4 Å². The zero-order valence-corrected chi connectivity index (χ0v) is 24.7. The number of sulfone groups is 1. The molecule has 0 unspecified atom stereocenters. The van der Waals surface area contributed by atoms with Gasteiger partial charge in [-0.15, -0.1) is 0 Å². The van der Waals surface area contributed by atoms with E-state index in [9.17, 15) is 8.42 Å². The number of ether oxygens (including phenoxy) is 1. The Labute approximate surface area is 240 Å². The maximum Gasteiger partial charge on any atom is 0.228 e. The first-order chi connectivity index (χ1) is 19.5. The molecule has 10 heteroatoms. The summed E-state index contributed by atoms with van der Waals surface area (Å²) in [7, 11) is -3.56. The standard InChI is InChI=1S/C31H36FN5O3S/c1-20-9-10-22-23(11-12-26(32)25(22)18-41(38,39)19-31(2,3)4)28(20)40-29-24(8-6-15-34-29)27-13-16-35-30(37-27)36-21-7-5-14-33-17-21/h6,8-13,15-16,21,33H,5,7,14,17-19H2,1-4H3,(H,35,36,37)/t21-/m0/s1. The van der Waals surface area contributed by atoms with Gasteiger partial charge in [-0.3, -0.25) is 0 Å². The van der Waals surface area contributed by atoms with Gasteiger partial charge >= 0.3 is 0 Å². The molecule has 1 fully saturated rings. The summed E-state index contributed by atoms with van der Waals surface area (Å²) in [6.07, 6.45) is 5.48. The molecule has 0 amide bonds. The Morgan fingerprint density at radius 2 is 1.88 bits per heavy atom. The molecule has 3 heterocycles. The van der Waals surface area contributed by atoms with E-state index >= 15 is 4.39 Å². The minimum atomic E-state index is -3.56. The van der Waals surface area contributed by atoms with Crippen LogP contribution in [0.15, 0.2) is 54.9 Å². The molecule has 1 atom stereocenters. The first kappa shape index (κ1) is 28.9. The number of pyridine rings is 1. The molecule has 0 saturated carbocycles. The largest absolute Gasteiger partial charge is 0.437 e. The molecule has 1 aliphatic heterocycles. The zero-order valence-electron chi connectivity index (χ0n) is 23.9. The molecule has 0 radical (unpaired) electrons. The molecule has 2 aromatic heterocycles. The number of nitrogens with one attached hydrogen (secondary N) is 2. The Bertz CT molecular complexity index is 1660. The molecule has 216 valence electrons. The molecule has 2 N–H and O–H groups in total. The van der Waals surface area contributed by atoms with Gasteiger partial charge in [-0.25, -0.2) is 27.8 Å². The fourth-order valence-corrected chi connectivity index (χ4v) is 7.39. The highest BCUT2D eigenvalue weighted by Crippen LogP contribution is 2.38. The molecule has 41 heavy (non-hydrogen) atoms. The molecule has 5 rings (SSSR count). The van der Waals surface area contributed by atoms with Crippen molar-refractivity contribution >= 4 is 26.6 Å². The molecule has 0 aliphatic carbocycles. The van der Waals surface area contributed by atoms with Crippen LogP contribution >= 0.6 is 0 Å². The average molecular weight is 578 g/mol. The van der Waals surface area contributed by atoms with Crippen LogP contribution in [0, 0.1) is 18.2 Å². The quantitative estimate of drug-likeness (QED) is 0.261. The van der Waals surface area contributed by atoms with E-state index in [1.54, 1.807) is 30.6 Å². The minimum absolute atomic E-state index is 0.0463. The molecule has 8 nitrogen and oxygen atoms in total.